The quantitative estimate of drug-likeness (QED) is 0.709. The second-order valence-electron chi connectivity index (χ2n) is 3.53. The summed E-state index contributed by atoms with van der Waals surface area (Å²) >= 11 is 0. The number of piperazine rings is 1. The number of rotatable bonds is 3. The van der Waals surface area contributed by atoms with Crippen LogP contribution in [0.1, 0.15) is 5.56 Å². The predicted molar refractivity (Wildman–Crippen MR) is 53.9 cm³/mol. The Morgan fingerprint density at radius 3 is 3.14 bits per heavy atom. The molecule has 2 rings (SSSR count). The molecular formula is C10H15N3O. The van der Waals surface area contributed by atoms with E-state index in [4.69, 9.17) is 0 Å². The number of hydrogen-bond donors (Lipinski definition) is 2. The molecule has 0 aliphatic carbocycles. The first kappa shape index (κ1) is 9.27. The van der Waals surface area contributed by atoms with Crippen LogP contribution in [0.5, 0.6) is 0 Å². The first-order chi connectivity index (χ1) is 6.86. The monoisotopic (exact) mass is 193 g/mol. The van der Waals surface area contributed by atoms with Gasteiger partial charge < -0.3 is 15.2 Å². The van der Waals surface area contributed by atoms with Gasteiger partial charge >= 0.3 is 0 Å². The minimum Gasteiger partial charge on any atom is -0.367 e. The molecule has 1 aliphatic heterocycles. The van der Waals surface area contributed by atoms with Crippen molar-refractivity contribution in [1.29, 1.82) is 0 Å². The molecule has 0 unspecified atom stereocenters. The SMILES string of the molecule is O=C1CNCCN1CCc1cc[nH]c1. The van der Waals surface area contributed by atoms with E-state index in [2.05, 4.69) is 10.3 Å². The number of hydrogen-bond acceptors (Lipinski definition) is 2. The first-order valence-electron chi connectivity index (χ1n) is 4.96. The number of aromatic amines is 1. The van der Waals surface area contributed by atoms with Gasteiger partial charge in [0.1, 0.15) is 0 Å². The number of nitrogens with one attached hydrogen (secondary N) is 2. The van der Waals surface area contributed by atoms with Crippen LogP contribution in [0, 0.1) is 0 Å². The molecule has 1 amide bonds. The lowest BCUT2D eigenvalue weighted by atomic mass is 10.2. The van der Waals surface area contributed by atoms with E-state index < -0.39 is 0 Å². The van der Waals surface area contributed by atoms with Gasteiger partial charge in [0.05, 0.1) is 6.54 Å². The summed E-state index contributed by atoms with van der Waals surface area (Å²) < 4.78 is 0. The molecule has 0 bridgehead atoms. The summed E-state index contributed by atoms with van der Waals surface area (Å²) in [6, 6.07) is 2.05. The van der Waals surface area contributed by atoms with Gasteiger partial charge in [-0.15, -0.1) is 0 Å². The Bertz CT molecular complexity index is 294. The standard InChI is InChI=1S/C10H15N3O/c14-10-8-12-4-6-13(10)5-2-9-1-3-11-7-9/h1,3,7,11-12H,2,4-6,8H2. The van der Waals surface area contributed by atoms with Gasteiger partial charge in [-0.2, -0.15) is 0 Å². The van der Waals surface area contributed by atoms with Gasteiger partial charge in [-0.05, 0) is 18.1 Å². The van der Waals surface area contributed by atoms with E-state index in [1.54, 1.807) is 0 Å². The zero-order valence-electron chi connectivity index (χ0n) is 8.12. The predicted octanol–water partition coefficient (Wildman–Crippen LogP) is -0.0110. The van der Waals surface area contributed by atoms with Gasteiger partial charge in [-0.3, -0.25) is 4.79 Å². The fraction of sp³-hybridized carbons (Fsp3) is 0.500. The highest BCUT2D eigenvalue weighted by molar-refractivity contribution is 5.78. The number of amides is 1. The summed E-state index contributed by atoms with van der Waals surface area (Å²) in [7, 11) is 0. The summed E-state index contributed by atoms with van der Waals surface area (Å²) in [5, 5.41) is 3.06. The minimum atomic E-state index is 0.215. The molecule has 0 atom stereocenters. The fourth-order valence-electron chi connectivity index (χ4n) is 1.66. The van der Waals surface area contributed by atoms with Crippen molar-refractivity contribution in [1.82, 2.24) is 15.2 Å². The maximum Gasteiger partial charge on any atom is 0.236 e. The highest BCUT2D eigenvalue weighted by Crippen LogP contribution is 2.01. The van der Waals surface area contributed by atoms with Crippen LogP contribution in [0.2, 0.25) is 0 Å². The van der Waals surface area contributed by atoms with Crippen LogP contribution in [0.4, 0.5) is 0 Å². The molecule has 1 aliphatic rings. The van der Waals surface area contributed by atoms with Gasteiger partial charge in [-0.1, -0.05) is 0 Å². The number of aromatic nitrogens is 1. The smallest absolute Gasteiger partial charge is 0.236 e. The van der Waals surface area contributed by atoms with Crippen molar-refractivity contribution in [3.8, 4) is 0 Å². The van der Waals surface area contributed by atoms with E-state index in [1.807, 2.05) is 23.4 Å². The van der Waals surface area contributed by atoms with Crippen molar-refractivity contribution >= 4 is 5.91 Å². The van der Waals surface area contributed by atoms with E-state index in [-0.39, 0.29) is 5.91 Å². The van der Waals surface area contributed by atoms with Crippen LogP contribution in [0.15, 0.2) is 18.5 Å². The van der Waals surface area contributed by atoms with Crippen molar-refractivity contribution in [3.05, 3.63) is 24.0 Å². The fourth-order valence-corrected chi connectivity index (χ4v) is 1.66. The number of carbonyl (C=O) groups is 1. The second kappa shape index (κ2) is 4.28. The molecule has 4 heteroatoms. The molecule has 0 saturated carbocycles. The van der Waals surface area contributed by atoms with Crippen molar-refractivity contribution < 1.29 is 4.79 Å². The Balaban J connectivity index is 1.82. The van der Waals surface area contributed by atoms with Crippen molar-refractivity contribution in [2.24, 2.45) is 0 Å². The molecule has 14 heavy (non-hydrogen) atoms. The number of nitrogens with zero attached hydrogens (tertiary/aromatic N) is 1. The Morgan fingerprint density at radius 1 is 1.50 bits per heavy atom. The van der Waals surface area contributed by atoms with Gasteiger partial charge in [0.25, 0.3) is 0 Å². The van der Waals surface area contributed by atoms with E-state index in [9.17, 15) is 4.79 Å². The molecule has 0 spiro atoms. The molecule has 1 aromatic rings. The topological polar surface area (TPSA) is 48.1 Å². The summed E-state index contributed by atoms with van der Waals surface area (Å²) in [6.45, 7) is 3.08. The summed E-state index contributed by atoms with van der Waals surface area (Å²) in [5.74, 6) is 0.215. The van der Waals surface area contributed by atoms with Gasteiger partial charge in [0, 0.05) is 32.0 Å². The van der Waals surface area contributed by atoms with Gasteiger partial charge in [0.15, 0.2) is 0 Å². The van der Waals surface area contributed by atoms with Crippen LogP contribution < -0.4 is 5.32 Å². The largest absolute Gasteiger partial charge is 0.367 e. The zero-order chi connectivity index (χ0) is 9.80. The lowest BCUT2D eigenvalue weighted by Crippen LogP contribution is -2.48. The first-order valence-corrected chi connectivity index (χ1v) is 4.96. The number of carbonyl (C=O) groups excluding carboxylic acids is 1. The molecule has 1 saturated heterocycles. The van der Waals surface area contributed by atoms with Crippen LogP contribution in [0.3, 0.4) is 0 Å². The zero-order valence-corrected chi connectivity index (χ0v) is 8.12. The Hall–Kier alpha value is -1.29. The molecule has 0 radical (unpaired) electrons. The van der Waals surface area contributed by atoms with Crippen LogP contribution in [-0.2, 0) is 11.2 Å². The van der Waals surface area contributed by atoms with Crippen LogP contribution >= 0.6 is 0 Å². The average molecular weight is 193 g/mol. The highest BCUT2D eigenvalue weighted by Gasteiger charge is 2.16. The van der Waals surface area contributed by atoms with Gasteiger partial charge in [0.2, 0.25) is 5.91 Å². The van der Waals surface area contributed by atoms with Gasteiger partial charge in [-0.25, -0.2) is 0 Å². The Kier molecular flexibility index (Phi) is 2.84. The molecule has 1 aromatic heterocycles. The third-order valence-corrected chi connectivity index (χ3v) is 2.52. The summed E-state index contributed by atoms with van der Waals surface area (Å²) in [5.41, 5.74) is 1.26. The van der Waals surface area contributed by atoms with Crippen LogP contribution in [0.25, 0.3) is 0 Å². The average Bonchev–Trinajstić information content (AvgIpc) is 2.69. The lowest BCUT2D eigenvalue weighted by Gasteiger charge is -2.27. The van der Waals surface area contributed by atoms with E-state index in [1.165, 1.54) is 5.56 Å². The Morgan fingerprint density at radius 2 is 2.43 bits per heavy atom. The maximum atomic E-state index is 11.4. The second-order valence-corrected chi connectivity index (χ2v) is 3.53. The number of H-pyrrole nitrogens is 1. The third kappa shape index (κ3) is 2.14. The van der Waals surface area contributed by atoms with E-state index >= 15 is 0 Å². The highest BCUT2D eigenvalue weighted by atomic mass is 16.2. The van der Waals surface area contributed by atoms with E-state index in [0.717, 1.165) is 26.1 Å². The van der Waals surface area contributed by atoms with Crippen molar-refractivity contribution in [2.45, 2.75) is 6.42 Å². The van der Waals surface area contributed by atoms with Crippen molar-refractivity contribution in [3.63, 3.8) is 0 Å². The molecule has 0 aromatic carbocycles. The molecular weight excluding hydrogens is 178 g/mol. The maximum absolute atomic E-state index is 11.4. The molecule has 4 nitrogen and oxygen atoms in total. The third-order valence-electron chi connectivity index (χ3n) is 2.52. The lowest BCUT2D eigenvalue weighted by molar-refractivity contribution is -0.131. The normalized spacial score (nSPS) is 17.4. The summed E-state index contributed by atoms with van der Waals surface area (Å²) in [6.07, 6.45) is 4.83. The van der Waals surface area contributed by atoms with E-state index in [0.29, 0.717) is 6.54 Å². The molecule has 76 valence electrons. The molecule has 2 N–H and O–H groups in total. The summed E-state index contributed by atoms with van der Waals surface area (Å²) in [4.78, 5) is 16.3. The molecule has 1 fully saturated rings. The minimum absolute atomic E-state index is 0.215. The Labute approximate surface area is 83.3 Å². The van der Waals surface area contributed by atoms with Crippen molar-refractivity contribution in [2.75, 3.05) is 26.2 Å². The molecule has 2 heterocycles. The van der Waals surface area contributed by atoms with Crippen LogP contribution in [-0.4, -0.2) is 42.0 Å².